The molecule has 0 bridgehead atoms. The number of nitrogens with zero attached hydrogens (tertiary/aromatic N) is 4. The lowest BCUT2D eigenvalue weighted by atomic mass is 10.1. The third-order valence-electron chi connectivity index (χ3n) is 4.40. The quantitative estimate of drug-likeness (QED) is 0.789. The number of rotatable bonds is 7. The topological polar surface area (TPSA) is 89.9 Å². The molecule has 2 heterocycles. The molecule has 0 radical (unpaired) electrons. The van der Waals surface area contributed by atoms with Gasteiger partial charge in [0.1, 0.15) is 11.5 Å². The van der Waals surface area contributed by atoms with E-state index < -0.39 is 0 Å². The highest BCUT2D eigenvalue weighted by molar-refractivity contribution is 5.40. The monoisotopic (exact) mass is 347 g/mol. The molecule has 1 fully saturated rings. The Balaban J connectivity index is 1.54. The van der Waals surface area contributed by atoms with Crippen LogP contribution in [0.1, 0.15) is 17.3 Å². The summed E-state index contributed by atoms with van der Waals surface area (Å²) in [5.74, 6) is 2.92. The van der Waals surface area contributed by atoms with Gasteiger partial charge in [0, 0.05) is 38.3 Å². The first kappa shape index (κ1) is 17.7. The third kappa shape index (κ3) is 4.47. The number of aromatic nitrogens is 2. The fraction of sp³-hybridized carbons (Fsp3) is 0.529. The summed E-state index contributed by atoms with van der Waals surface area (Å²) in [7, 11) is 3.38. The second-order valence-corrected chi connectivity index (χ2v) is 6.04. The van der Waals surface area contributed by atoms with Crippen molar-refractivity contribution in [2.24, 2.45) is 5.73 Å². The second kappa shape index (κ2) is 8.28. The first-order chi connectivity index (χ1) is 12.2. The van der Waals surface area contributed by atoms with Gasteiger partial charge >= 0.3 is 0 Å². The second-order valence-electron chi connectivity index (χ2n) is 6.04. The Kier molecular flexibility index (Phi) is 5.85. The first-order valence-corrected chi connectivity index (χ1v) is 8.39. The summed E-state index contributed by atoms with van der Waals surface area (Å²) >= 11 is 0. The van der Waals surface area contributed by atoms with E-state index in [9.17, 15) is 0 Å². The van der Waals surface area contributed by atoms with Crippen LogP contribution in [0, 0.1) is 0 Å². The molecule has 2 N–H and O–H groups in total. The average molecular weight is 347 g/mol. The van der Waals surface area contributed by atoms with Gasteiger partial charge in [-0.3, -0.25) is 9.80 Å². The highest BCUT2D eigenvalue weighted by atomic mass is 16.5. The highest BCUT2D eigenvalue weighted by Crippen LogP contribution is 2.25. The molecule has 0 atom stereocenters. The molecule has 8 nitrogen and oxygen atoms in total. The zero-order chi connectivity index (χ0) is 17.6. The molecule has 0 aliphatic carbocycles. The number of nitrogens with two attached hydrogens (primary N) is 1. The van der Waals surface area contributed by atoms with Gasteiger partial charge in [-0.15, -0.1) is 0 Å². The predicted molar refractivity (Wildman–Crippen MR) is 92.3 cm³/mol. The van der Waals surface area contributed by atoms with E-state index in [0.29, 0.717) is 18.3 Å². The Morgan fingerprint density at radius 3 is 2.40 bits per heavy atom. The van der Waals surface area contributed by atoms with Crippen LogP contribution in [0.2, 0.25) is 0 Å². The van der Waals surface area contributed by atoms with E-state index >= 15 is 0 Å². The number of methoxy groups -OCH3 is 2. The Bertz CT molecular complexity index is 683. The molecule has 2 aromatic rings. The fourth-order valence-corrected chi connectivity index (χ4v) is 2.99. The van der Waals surface area contributed by atoms with Crippen LogP contribution in [0.25, 0.3) is 0 Å². The maximum atomic E-state index is 5.50. The van der Waals surface area contributed by atoms with E-state index in [-0.39, 0.29) is 6.54 Å². The minimum atomic E-state index is 0.281. The SMILES string of the molecule is COc1ccc(OC)c(CN2CCN(Cc3noc(CN)n3)CC2)c1. The maximum Gasteiger partial charge on any atom is 0.240 e. The zero-order valence-electron chi connectivity index (χ0n) is 14.8. The molecule has 136 valence electrons. The number of hydrogen-bond donors (Lipinski definition) is 1. The Hall–Kier alpha value is -2.16. The number of benzene rings is 1. The van der Waals surface area contributed by atoms with Crippen molar-refractivity contribution >= 4 is 0 Å². The lowest BCUT2D eigenvalue weighted by molar-refractivity contribution is 0.118. The molecule has 0 saturated carbocycles. The van der Waals surface area contributed by atoms with Gasteiger partial charge in [0.05, 0.1) is 27.3 Å². The molecule has 25 heavy (non-hydrogen) atoms. The fourth-order valence-electron chi connectivity index (χ4n) is 2.99. The number of piperazine rings is 1. The molecule has 0 spiro atoms. The summed E-state index contributed by atoms with van der Waals surface area (Å²) < 4.78 is 15.8. The Morgan fingerprint density at radius 2 is 1.80 bits per heavy atom. The van der Waals surface area contributed by atoms with Crippen molar-refractivity contribution in [3.63, 3.8) is 0 Å². The summed E-state index contributed by atoms with van der Waals surface area (Å²) in [5.41, 5.74) is 6.64. The van der Waals surface area contributed by atoms with E-state index in [1.54, 1.807) is 14.2 Å². The van der Waals surface area contributed by atoms with E-state index in [1.807, 2.05) is 18.2 Å². The molecule has 0 amide bonds. The molecular formula is C17H25N5O3. The van der Waals surface area contributed by atoms with Crippen LogP contribution in [0.4, 0.5) is 0 Å². The molecule has 1 aromatic carbocycles. The van der Waals surface area contributed by atoms with Crippen molar-refractivity contribution in [1.82, 2.24) is 19.9 Å². The molecule has 1 saturated heterocycles. The largest absolute Gasteiger partial charge is 0.497 e. The third-order valence-corrected chi connectivity index (χ3v) is 4.40. The van der Waals surface area contributed by atoms with Gasteiger partial charge in [0.25, 0.3) is 0 Å². The van der Waals surface area contributed by atoms with Gasteiger partial charge in [-0.05, 0) is 18.2 Å². The summed E-state index contributed by atoms with van der Waals surface area (Å²) in [6, 6.07) is 5.91. The van der Waals surface area contributed by atoms with Crippen molar-refractivity contribution in [1.29, 1.82) is 0 Å². The summed E-state index contributed by atoms with van der Waals surface area (Å²) in [6.07, 6.45) is 0. The van der Waals surface area contributed by atoms with Crippen LogP contribution in [0.3, 0.4) is 0 Å². The predicted octanol–water partition coefficient (Wildman–Crippen LogP) is 0.863. The lowest BCUT2D eigenvalue weighted by Crippen LogP contribution is -2.45. The smallest absolute Gasteiger partial charge is 0.240 e. The minimum absolute atomic E-state index is 0.281. The van der Waals surface area contributed by atoms with E-state index in [2.05, 4.69) is 19.9 Å². The van der Waals surface area contributed by atoms with Crippen molar-refractivity contribution in [2.75, 3.05) is 40.4 Å². The molecular weight excluding hydrogens is 322 g/mol. The van der Waals surface area contributed by atoms with Crippen LogP contribution in [-0.2, 0) is 19.6 Å². The van der Waals surface area contributed by atoms with Crippen LogP contribution < -0.4 is 15.2 Å². The van der Waals surface area contributed by atoms with Gasteiger partial charge in [-0.2, -0.15) is 4.98 Å². The van der Waals surface area contributed by atoms with Crippen molar-refractivity contribution in [3.05, 3.63) is 35.5 Å². The first-order valence-electron chi connectivity index (χ1n) is 8.39. The van der Waals surface area contributed by atoms with Gasteiger partial charge in [0.15, 0.2) is 5.82 Å². The molecule has 1 aliphatic rings. The van der Waals surface area contributed by atoms with Crippen LogP contribution in [0.5, 0.6) is 11.5 Å². The Morgan fingerprint density at radius 1 is 1.08 bits per heavy atom. The Labute approximate surface area is 147 Å². The molecule has 3 rings (SSSR count). The standard InChI is InChI=1S/C17H25N5O3/c1-23-14-3-4-15(24-2)13(9-14)11-21-5-7-22(8-6-21)12-16-19-17(10-18)25-20-16/h3-4,9H,5-8,10-12,18H2,1-2H3. The summed E-state index contributed by atoms with van der Waals surface area (Å²) in [5, 5.41) is 3.96. The molecule has 8 heteroatoms. The van der Waals surface area contributed by atoms with Gasteiger partial charge in [-0.1, -0.05) is 5.16 Å². The highest BCUT2D eigenvalue weighted by Gasteiger charge is 2.20. The van der Waals surface area contributed by atoms with Gasteiger partial charge in [-0.25, -0.2) is 0 Å². The van der Waals surface area contributed by atoms with Crippen molar-refractivity contribution in [3.8, 4) is 11.5 Å². The van der Waals surface area contributed by atoms with E-state index in [1.165, 1.54) is 0 Å². The van der Waals surface area contributed by atoms with E-state index in [4.69, 9.17) is 19.7 Å². The number of hydrogen-bond acceptors (Lipinski definition) is 8. The lowest BCUT2D eigenvalue weighted by Gasteiger charge is -2.34. The van der Waals surface area contributed by atoms with Crippen molar-refractivity contribution in [2.45, 2.75) is 19.6 Å². The van der Waals surface area contributed by atoms with Gasteiger partial charge < -0.3 is 19.7 Å². The zero-order valence-corrected chi connectivity index (χ0v) is 14.8. The minimum Gasteiger partial charge on any atom is -0.497 e. The summed E-state index contributed by atoms with van der Waals surface area (Å²) in [4.78, 5) is 9.00. The summed E-state index contributed by atoms with van der Waals surface area (Å²) in [6.45, 7) is 5.68. The van der Waals surface area contributed by atoms with Crippen LogP contribution in [-0.4, -0.2) is 60.3 Å². The normalized spacial score (nSPS) is 16.1. The van der Waals surface area contributed by atoms with Gasteiger partial charge in [0.2, 0.25) is 5.89 Å². The van der Waals surface area contributed by atoms with E-state index in [0.717, 1.165) is 49.8 Å². The average Bonchev–Trinajstić information content (AvgIpc) is 3.11. The van der Waals surface area contributed by atoms with Crippen LogP contribution >= 0.6 is 0 Å². The van der Waals surface area contributed by atoms with Crippen LogP contribution in [0.15, 0.2) is 22.7 Å². The molecule has 1 aromatic heterocycles. The molecule has 1 aliphatic heterocycles. The maximum absolute atomic E-state index is 5.50. The molecule has 0 unspecified atom stereocenters. The van der Waals surface area contributed by atoms with Crippen molar-refractivity contribution < 1.29 is 14.0 Å². The number of ether oxygens (including phenoxy) is 2.